The number of nitro benzene ring substituents is 1. The molecule has 0 aromatic heterocycles. The molecule has 1 N–H and O–H groups in total. The first-order valence-electron chi connectivity index (χ1n) is 5.16. The molecule has 0 saturated carbocycles. The highest BCUT2D eigenvalue weighted by Crippen LogP contribution is 2.30. The standard InChI is InChI=1S/C11H11NO5/c13-10-5-8(6-17-10)11(14)7-2-1-3-9(4-7)12(15)16/h1-4,8,11,14H,5-6H2/t8-,11+/m1/s1. The van der Waals surface area contributed by atoms with E-state index in [0.717, 1.165) is 0 Å². The number of esters is 1. The first kappa shape index (κ1) is 11.5. The molecule has 1 fully saturated rings. The molecular formula is C11H11NO5. The molecule has 2 atom stereocenters. The molecule has 1 heterocycles. The fraction of sp³-hybridized carbons (Fsp3) is 0.364. The van der Waals surface area contributed by atoms with E-state index in [4.69, 9.17) is 4.74 Å². The Hall–Kier alpha value is -1.95. The van der Waals surface area contributed by atoms with Crippen molar-refractivity contribution >= 4 is 11.7 Å². The summed E-state index contributed by atoms with van der Waals surface area (Å²) in [5.74, 6) is -0.677. The minimum Gasteiger partial charge on any atom is -0.465 e. The van der Waals surface area contributed by atoms with Crippen LogP contribution in [0.5, 0.6) is 0 Å². The van der Waals surface area contributed by atoms with Crippen LogP contribution in [0.4, 0.5) is 5.69 Å². The van der Waals surface area contributed by atoms with E-state index in [2.05, 4.69) is 0 Å². The summed E-state index contributed by atoms with van der Waals surface area (Å²) < 4.78 is 4.75. The number of hydrogen-bond donors (Lipinski definition) is 1. The summed E-state index contributed by atoms with van der Waals surface area (Å²) in [5.41, 5.74) is 0.356. The predicted molar refractivity (Wildman–Crippen MR) is 57.1 cm³/mol. The molecule has 0 aliphatic carbocycles. The highest BCUT2D eigenvalue weighted by molar-refractivity contribution is 5.71. The quantitative estimate of drug-likeness (QED) is 0.484. The summed E-state index contributed by atoms with van der Waals surface area (Å²) in [7, 11) is 0. The maximum Gasteiger partial charge on any atom is 0.306 e. The van der Waals surface area contributed by atoms with Gasteiger partial charge in [-0.2, -0.15) is 0 Å². The molecule has 1 aliphatic heterocycles. The minimum atomic E-state index is -0.915. The SMILES string of the molecule is O=C1C[C@@H]([C@@H](O)c2cccc([N+](=O)[O-])c2)CO1. The Kier molecular flexibility index (Phi) is 3.06. The van der Waals surface area contributed by atoms with Gasteiger partial charge in [-0.15, -0.1) is 0 Å². The van der Waals surface area contributed by atoms with Crippen LogP contribution in [0.15, 0.2) is 24.3 Å². The average molecular weight is 237 g/mol. The van der Waals surface area contributed by atoms with Crippen molar-refractivity contribution in [2.24, 2.45) is 5.92 Å². The van der Waals surface area contributed by atoms with E-state index < -0.39 is 11.0 Å². The van der Waals surface area contributed by atoms with Crippen LogP contribution in [0.2, 0.25) is 0 Å². The van der Waals surface area contributed by atoms with E-state index in [1.54, 1.807) is 6.07 Å². The lowest BCUT2D eigenvalue weighted by molar-refractivity contribution is -0.385. The molecule has 0 bridgehead atoms. The maximum atomic E-state index is 10.9. The highest BCUT2D eigenvalue weighted by Gasteiger charge is 2.31. The molecule has 1 aliphatic rings. The van der Waals surface area contributed by atoms with Crippen molar-refractivity contribution in [3.8, 4) is 0 Å². The summed E-state index contributed by atoms with van der Waals surface area (Å²) >= 11 is 0. The molecule has 0 unspecified atom stereocenters. The first-order valence-corrected chi connectivity index (χ1v) is 5.16. The van der Waals surface area contributed by atoms with Crippen LogP contribution in [-0.2, 0) is 9.53 Å². The van der Waals surface area contributed by atoms with Crippen molar-refractivity contribution in [3.63, 3.8) is 0 Å². The lowest BCUT2D eigenvalue weighted by Gasteiger charge is -2.15. The molecule has 6 heteroatoms. The number of hydrogen-bond acceptors (Lipinski definition) is 5. The second-order valence-electron chi connectivity index (χ2n) is 3.94. The topological polar surface area (TPSA) is 89.7 Å². The van der Waals surface area contributed by atoms with Gasteiger partial charge in [0, 0.05) is 18.1 Å². The van der Waals surface area contributed by atoms with Crippen molar-refractivity contribution in [1.29, 1.82) is 0 Å². The van der Waals surface area contributed by atoms with Crippen molar-refractivity contribution < 1.29 is 19.6 Å². The van der Waals surface area contributed by atoms with Crippen molar-refractivity contribution in [1.82, 2.24) is 0 Å². The second-order valence-corrected chi connectivity index (χ2v) is 3.94. The summed E-state index contributed by atoms with van der Waals surface area (Å²) in [6.07, 6.45) is -0.773. The number of nitrogens with zero attached hydrogens (tertiary/aromatic N) is 1. The Labute approximate surface area is 97.0 Å². The molecule has 90 valence electrons. The van der Waals surface area contributed by atoms with Crippen molar-refractivity contribution in [2.45, 2.75) is 12.5 Å². The Morgan fingerprint density at radius 2 is 2.29 bits per heavy atom. The summed E-state index contributed by atoms with van der Waals surface area (Å²) in [4.78, 5) is 21.0. The van der Waals surface area contributed by atoms with Crippen LogP contribution in [0.3, 0.4) is 0 Å². The zero-order chi connectivity index (χ0) is 12.4. The lowest BCUT2D eigenvalue weighted by Crippen LogP contribution is -2.12. The van der Waals surface area contributed by atoms with Gasteiger partial charge in [0.25, 0.3) is 5.69 Å². The second kappa shape index (κ2) is 4.50. The smallest absolute Gasteiger partial charge is 0.306 e. The number of cyclic esters (lactones) is 1. The van der Waals surface area contributed by atoms with E-state index in [1.807, 2.05) is 0 Å². The lowest BCUT2D eigenvalue weighted by atomic mass is 9.95. The third-order valence-corrected chi connectivity index (χ3v) is 2.76. The number of rotatable bonds is 3. The van der Waals surface area contributed by atoms with Crippen LogP contribution in [0.25, 0.3) is 0 Å². The molecule has 0 amide bonds. The van der Waals surface area contributed by atoms with Crippen LogP contribution in [0, 0.1) is 16.0 Å². The number of carbonyl (C=O) groups excluding carboxylic acids is 1. The molecule has 0 spiro atoms. The fourth-order valence-electron chi connectivity index (χ4n) is 1.83. The van der Waals surface area contributed by atoms with Crippen molar-refractivity contribution in [2.75, 3.05) is 6.61 Å². The van der Waals surface area contributed by atoms with Gasteiger partial charge in [-0.25, -0.2) is 0 Å². The van der Waals surface area contributed by atoms with Gasteiger partial charge >= 0.3 is 5.97 Å². The number of aliphatic hydroxyl groups excluding tert-OH is 1. The number of nitro groups is 1. The third-order valence-electron chi connectivity index (χ3n) is 2.76. The molecule has 6 nitrogen and oxygen atoms in total. The van der Waals surface area contributed by atoms with Gasteiger partial charge < -0.3 is 9.84 Å². The van der Waals surface area contributed by atoms with Crippen LogP contribution < -0.4 is 0 Å². The van der Waals surface area contributed by atoms with Gasteiger partial charge in [0.2, 0.25) is 0 Å². The van der Waals surface area contributed by atoms with Gasteiger partial charge in [0.1, 0.15) is 0 Å². The summed E-state index contributed by atoms with van der Waals surface area (Å²) in [5, 5.41) is 20.6. The van der Waals surface area contributed by atoms with E-state index in [0.29, 0.717) is 5.56 Å². The Balaban J connectivity index is 2.18. The number of ether oxygens (including phenoxy) is 1. The van der Waals surface area contributed by atoms with Crippen LogP contribution in [0.1, 0.15) is 18.1 Å². The number of benzene rings is 1. The number of aliphatic hydroxyl groups is 1. The van der Waals surface area contributed by atoms with E-state index in [9.17, 15) is 20.0 Å². The molecule has 1 aromatic carbocycles. The molecule has 1 saturated heterocycles. The van der Waals surface area contributed by atoms with Gasteiger partial charge in [-0.3, -0.25) is 14.9 Å². The van der Waals surface area contributed by atoms with E-state index in [1.165, 1.54) is 18.2 Å². The summed E-state index contributed by atoms with van der Waals surface area (Å²) in [6.45, 7) is 0.155. The van der Waals surface area contributed by atoms with Crippen LogP contribution >= 0.6 is 0 Å². The maximum absolute atomic E-state index is 10.9. The monoisotopic (exact) mass is 237 g/mol. The zero-order valence-electron chi connectivity index (χ0n) is 8.91. The van der Waals surface area contributed by atoms with Gasteiger partial charge in [-0.05, 0) is 5.56 Å². The van der Waals surface area contributed by atoms with Gasteiger partial charge in [0.15, 0.2) is 0 Å². The van der Waals surface area contributed by atoms with Crippen LogP contribution in [-0.4, -0.2) is 22.6 Å². The average Bonchev–Trinajstić information content (AvgIpc) is 2.75. The van der Waals surface area contributed by atoms with Gasteiger partial charge in [-0.1, -0.05) is 12.1 Å². The molecular weight excluding hydrogens is 226 g/mol. The van der Waals surface area contributed by atoms with Gasteiger partial charge in [0.05, 0.1) is 24.1 Å². The summed E-state index contributed by atoms with van der Waals surface area (Å²) in [6, 6.07) is 5.77. The number of non-ortho nitro benzene ring substituents is 1. The molecule has 0 radical (unpaired) electrons. The Bertz CT molecular complexity index is 459. The molecule has 17 heavy (non-hydrogen) atoms. The third kappa shape index (κ3) is 2.42. The van der Waals surface area contributed by atoms with Crippen molar-refractivity contribution in [3.05, 3.63) is 39.9 Å². The Morgan fingerprint density at radius 1 is 1.53 bits per heavy atom. The predicted octanol–water partition coefficient (Wildman–Crippen LogP) is 1.19. The zero-order valence-corrected chi connectivity index (χ0v) is 8.91. The number of carbonyl (C=O) groups is 1. The first-order chi connectivity index (χ1) is 8.08. The van der Waals surface area contributed by atoms with E-state index in [-0.39, 0.29) is 30.6 Å². The molecule has 1 aromatic rings. The normalized spacial score (nSPS) is 21.0. The van der Waals surface area contributed by atoms with E-state index >= 15 is 0 Å². The largest absolute Gasteiger partial charge is 0.465 e. The minimum absolute atomic E-state index is 0.0770. The fourth-order valence-corrected chi connectivity index (χ4v) is 1.83. The molecule has 2 rings (SSSR count). The highest BCUT2D eigenvalue weighted by atomic mass is 16.6. The Morgan fingerprint density at radius 3 is 2.88 bits per heavy atom.